The van der Waals surface area contributed by atoms with Crippen molar-refractivity contribution in [2.24, 2.45) is 0 Å². The number of ketones is 1. The molecule has 0 atom stereocenters. The molecule has 0 aliphatic carbocycles. The van der Waals surface area contributed by atoms with Gasteiger partial charge in [0, 0.05) is 11.1 Å². The molecule has 0 bridgehead atoms. The standard InChI is InChI=1S/C10H13NO3S/c1-7-6-15-9(11-7)4-8(12)5-10-13-2-3-14-10/h6,10H,2-5H2,1H3. The molecule has 1 aromatic heterocycles. The molecule has 0 aromatic carbocycles. The Bertz CT molecular complexity index is 344. The molecule has 5 heteroatoms. The minimum Gasteiger partial charge on any atom is -0.350 e. The highest BCUT2D eigenvalue weighted by Crippen LogP contribution is 2.13. The van der Waals surface area contributed by atoms with Crippen molar-refractivity contribution in [2.75, 3.05) is 13.2 Å². The van der Waals surface area contributed by atoms with E-state index < -0.39 is 0 Å². The summed E-state index contributed by atoms with van der Waals surface area (Å²) in [5.74, 6) is 0.122. The van der Waals surface area contributed by atoms with Crippen molar-refractivity contribution in [3.05, 3.63) is 16.1 Å². The molecule has 2 heterocycles. The van der Waals surface area contributed by atoms with Gasteiger partial charge in [-0.15, -0.1) is 11.3 Å². The summed E-state index contributed by atoms with van der Waals surface area (Å²) in [6, 6.07) is 0. The summed E-state index contributed by atoms with van der Waals surface area (Å²) in [7, 11) is 0. The third kappa shape index (κ3) is 3.09. The summed E-state index contributed by atoms with van der Waals surface area (Å²) in [4.78, 5) is 15.8. The van der Waals surface area contributed by atoms with E-state index in [1.54, 1.807) is 0 Å². The number of aromatic nitrogens is 1. The first kappa shape index (κ1) is 10.7. The lowest BCUT2D eigenvalue weighted by Gasteiger charge is -2.06. The van der Waals surface area contributed by atoms with E-state index in [0.717, 1.165) is 10.7 Å². The SMILES string of the molecule is Cc1csc(CC(=O)CC2OCCO2)n1. The largest absolute Gasteiger partial charge is 0.350 e. The summed E-state index contributed by atoms with van der Waals surface area (Å²) in [6.45, 7) is 3.11. The second-order valence-corrected chi connectivity index (χ2v) is 4.42. The first-order valence-corrected chi connectivity index (χ1v) is 5.78. The van der Waals surface area contributed by atoms with Crippen LogP contribution in [0, 0.1) is 6.92 Å². The van der Waals surface area contributed by atoms with E-state index in [2.05, 4.69) is 4.98 Å². The van der Waals surface area contributed by atoms with Gasteiger partial charge < -0.3 is 9.47 Å². The summed E-state index contributed by atoms with van der Waals surface area (Å²) in [5.41, 5.74) is 0.969. The van der Waals surface area contributed by atoms with Gasteiger partial charge in [0.15, 0.2) is 6.29 Å². The number of nitrogens with zero attached hydrogens (tertiary/aromatic N) is 1. The van der Waals surface area contributed by atoms with Crippen molar-refractivity contribution in [2.45, 2.75) is 26.1 Å². The molecule has 0 radical (unpaired) electrons. The number of carbonyl (C=O) groups excluding carboxylic acids is 1. The number of thiazole rings is 1. The van der Waals surface area contributed by atoms with Gasteiger partial charge in [-0.2, -0.15) is 0 Å². The van der Waals surface area contributed by atoms with Gasteiger partial charge in [-0.05, 0) is 6.92 Å². The summed E-state index contributed by atoms with van der Waals surface area (Å²) >= 11 is 1.52. The zero-order valence-electron chi connectivity index (χ0n) is 8.56. The highest BCUT2D eigenvalue weighted by atomic mass is 32.1. The van der Waals surface area contributed by atoms with Crippen LogP contribution in [0.3, 0.4) is 0 Å². The van der Waals surface area contributed by atoms with Gasteiger partial charge in [-0.1, -0.05) is 0 Å². The second-order valence-electron chi connectivity index (χ2n) is 3.47. The molecule has 1 saturated heterocycles. The van der Waals surface area contributed by atoms with Crippen LogP contribution in [0.15, 0.2) is 5.38 Å². The van der Waals surface area contributed by atoms with Crippen LogP contribution in [0.1, 0.15) is 17.1 Å². The van der Waals surface area contributed by atoms with E-state index in [1.165, 1.54) is 11.3 Å². The zero-order valence-corrected chi connectivity index (χ0v) is 9.38. The molecule has 0 saturated carbocycles. The predicted molar refractivity (Wildman–Crippen MR) is 55.9 cm³/mol. The Morgan fingerprint density at radius 1 is 1.60 bits per heavy atom. The van der Waals surface area contributed by atoms with Gasteiger partial charge in [0.2, 0.25) is 0 Å². The van der Waals surface area contributed by atoms with E-state index >= 15 is 0 Å². The number of aryl methyl sites for hydroxylation is 1. The third-order valence-electron chi connectivity index (χ3n) is 2.10. The lowest BCUT2D eigenvalue weighted by atomic mass is 10.2. The molecule has 1 aliphatic heterocycles. The smallest absolute Gasteiger partial charge is 0.164 e. The molecule has 1 fully saturated rings. The average Bonchev–Trinajstić information content (AvgIpc) is 2.77. The monoisotopic (exact) mass is 227 g/mol. The number of rotatable bonds is 4. The van der Waals surface area contributed by atoms with Crippen LogP contribution in [0.2, 0.25) is 0 Å². The normalized spacial score (nSPS) is 17.1. The molecule has 0 amide bonds. The highest BCUT2D eigenvalue weighted by Gasteiger charge is 2.20. The van der Waals surface area contributed by atoms with Gasteiger partial charge in [-0.3, -0.25) is 4.79 Å². The van der Waals surface area contributed by atoms with Gasteiger partial charge in [0.25, 0.3) is 0 Å². The molecular formula is C10H13NO3S. The van der Waals surface area contributed by atoms with Gasteiger partial charge in [0.1, 0.15) is 10.8 Å². The lowest BCUT2D eigenvalue weighted by Crippen LogP contribution is -2.15. The van der Waals surface area contributed by atoms with Crippen molar-refractivity contribution in [1.82, 2.24) is 4.98 Å². The molecule has 0 spiro atoms. The van der Waals surface area contributed by atoms with Crippen LogP contribution in [0.4, 0.5) is 0 Å². The average molecular weight is 227 g/mol. The van der Waals surface area contributed by atoms with Gasteiger partial charge in [-0.25, -0.2) is 4.98 Å². The maximum absolute atomic E-state index is 11.6. The molecule has 2 rings (SSSR count). The van der Waals surface area contributed by atoms with Crippen LogP contribution in [0.5, 0.6) is 0 Å². The van der Waals surface area contributed by atoms with Gasteiger partial charge >= 0.3 is 0 Å². The minimum absolute atomic E-state index is 0.122. The van der Waals surface area contributed by atoms with Crippen molar-refractivity contribution in [3.8, 4) is 0 Å². The minimum atomic E-state index is -0.335. The first-order valence-electron chi connectivity index (χ1n) is 4.90. The maximum Gasteiger partial charge on any atom is 0.164 e. The Kier molecular flexibility index (Phi) is 3.45. The fourth-order valence-electron chi connectivity index (χ4n) is 1.44. The molecule has 15 heavy (non-hydrogen) atoms. The Labute approximate surface area is 92.2 Å². The number of ether oxygens (including phenoxy) is 2. The summed E-state index contributed by atoms with van der Waals surface area (Å²) < 4.78 is 10.4. The number of hydrogen-bond donors (Lipinski definition) is 0. The molecular weight excluding hydrogens is 214 g/mol. The van der Waals surface area contributed by atoms with Crippen molar-refractivity contribution in [1.29, 1.82) is 0 Å². The fraction of sp³-hybridized carbons (Fsp3) is 0.600. The van der Waals surface area contributed by atoms with Crippen LogP contribution >= 0.6 is 11.3 Å². The molecule has 4 nitrogen and oxygen atoms in total. The van der Waals surface area contributed by atoms with Crippen LogP contribution in [0.25, 0.3) is 0 Å². The topological polar surface area (TPSA) is 48.4 Å². The zero-order chi connectivity index (χ0) is 10.7. The van der Waals surface area contributed by atoms with Crippen LogP contribution in [-0.4, -0.2) is 30.3 Å². The van der Waals surface area contributed by atoms with E-state index in [0.29, 0.717) is 26.1 Å². The second kappa shape index (κ2) is 4.83. The van der Waals surface area contributed by atoms with E-state index in [9.17, 15) is 4.79 Å². The van der Waals surface area contributed by atoms with Crippen LogP contribution in [-0.2, 0) is 20.7 Å². The van der Waals surface area contributed by atoms with Crippen LogP contribution < -0.4 is 0 Å². The lowest BCUT2D eigenvalue weighted by molar-refractivity contribution is -0.126. The number of carbonyl (C=O) groups is 1. The number of hydrogen-bond acceptors (Lipinski definition) is 5. The third-order valence-corrected chi connectivity index (χ3v) is 3.07. The summed E-state index contributed by atoms with van der Waals surface area (Å²) in [6.07, 6.45) is 0.388. The van der Waals surface area contributed by atoms with Crippen molar-refractivity contribution < 1.29 is 14.3 Å². The predicted octanol–water partition coefficient (Wildman–Crippen LogP) is 1.33. The fourth-order valence-corrected chi connectivity index (χ4v) is 2.24. The molecule has 82 valence electrons. The molecule has 1 aliphatic rings. The van der Waals surface area contributed by atoms with E-state index in [-0.39, 0.29) is 12.1 Å². The van der Waals surface area contributed by atoms with E-state index in [1.807, 2.05) is 12.3 Å². The summed E-state index contributed by atoms with van der Waals surface area (Å²) in [5, 5.41) is 2.82. The molecule has 0 unspecified atom stereocenters. The Balaban J connectivity index is 1.81. The van der Waals surface area contributed by atoms with Gasteiger partial charge in [0.05, 0.1) is 26.1 Å². The molecule has 1 aromatic rings. The Morgan fingerprint density at radius 3 is 2.93 bits per heavy atom. The quantitative estimate of drug-likeness (QED) is 0.778. The number of Topliss-reactive ketones (excluding diaryl/α,β-unsaturated/α-hetero) is 1. The highest BCUT2D eigenvalue weighted by molar-refractivity contribution is 7.09. The first-order chi connectivity index (χ1) is 7.24. The Morgan fingerprint density at radius 2 is 2.33 bits per heavy atom. The van der Waals surface area contributed by atoms with E-state index in [4.69, 9.17) is 9.47 Å². The Hall–Kier alpha value is -0.780. The van der Waals surface area contributed by atoms with Crippen molar-refractivity contribution in [3.63, 3.8) is 0 Å². The van der Waals surface area contributed by atoms with Crippen molar-refractivity contribution >= 4 is 17.1 Å². The maximum atomic E-state index is 11.6. The molecule has 0 N–H and O–H groups in total.